The van der Waals surface area contributed by atoms with Gasteiger partial charge < -0.3 is 14.5 Å². The average Bonchev–Trinajstić information content (AvgIpc) is 3.19. The lowest BCUT2D eigenvalue weighted by Crippen LogP contribution is -2.27. The van der Waals surface area contributed by atoms with Crippen LogP contribution < -0.4 is 14.5 Å². The van der Waals surface area contributed by atoms with Gasteiger partial charge in [0.2, 0.25) is 5.95 Å². The van der Waals surface area contributed by atoms with Crippen molar-refractivity contribution in [3.63, 3.8) is 0 Å². The van der Waals surface area contributed by atoms with E-state index in [1.54, 1.807) is 4.90 Å². The molecule has 1 aliphatic heterocycles. The van der Waals surface area contributed by atoms with E-state index in [4.69, 9.17) is 4.74 Å². The molecule has 1 saturated heterocycles. The minimum atomic E-state index is -0.420. The number of Topliss-reactive ketones (excluding diaryl/α,β-unsaturated/α-hetero) is 1. The maximum atomic E-state index is 14.3. The molecule has 2 atom stereocenters. The molecule has 0 radical (unpaired) electrons. The quantitative estimate of drug-likeness (QED) is 0.631. The minimum absolute atomic E-state index is 0.0410. The van der Waals surface area contributed by atoms with Crippen molar-refractivity contribution in [1.82, 2.24) is 9.97 Å². The Balaban J connectivity index is 1.34. The van der Waals surface area contributed by atoms with Gasteiger partial charge in [-0.25, -0.2) is 9.37 Å². The van der Waals surface area contributed by atoms with Crippen molar-refractivity contribution in [1.29, 1.82) is 0 Å². The number of ketones is 1. The van der Waals surface area contributed by atoms with Crippen LogP contribution in [0.25, 0.3) is 0 Å². The van der Waals surface area contributed by atoms with Crippen LogP contribution in [0.3, 0.4) is 0 Å². The second kappa shape index (κ2) is 9.20. The molecule has 31 heavy (non-hydrogen) atoms. The van der Waals surface area contributed by atoms with Gasteiger partial charge in [-0.15, -0.1) is 0 Å². The van der Waals surface area contributed by atoms with Crippen molar-refractivity contribution in [2.75, 3.05) is 37.0 Å². The number of hydrogen-bond donors (Lipinski definition) is 0. The first-order valence-electron chi connectivity index (χ1n) is 11.1. The largest absolute Gasteiger partial charge is 0.489 e. The number of benzene rings is 1. The molecule has 0 N–H and O–H groups in total. The third-order valence-electron chi connectivity index (χ3n) is 6.44. The molecule has 1 aromatic heterocycles. The van der Waals surface area contributed by atoms with Gasteiger partial charge in [0.25, 0.3) is 0 Å². The number of carbonyl (C=O) groups is 1. The van der Waals surface area contributed by atoms with Gasteiger partial charge in [0.1, 0.15) is 17.6 Å². The minimum Gasteiger partial charge on any atom is -0.489 e. The molecule has 0 amide bonds. The summed E-state index contributed by atoms with van der Waals surface area (Å²) in [6.07, 6.45) is 6.32. The predicted molar refractivity (Wildman–Crippen MR) is 119 cm³/mol. The van der Waals surface area contributed by atoms with Crippen LogP contribution in [-0.2, 0) is 4.79 Å². The summed E-state index contributed by atoms with van der Waals surface area (Å²) in [5, 5.41) is 0. The number of carbonyl (C=O) groups excluding carboxylic acids is 1. The van der Waals surface area contributed by atoms with E-state index in [1.807, 2.05) is 50.2 Å². The van der Waals surface area contributed by atoms with Crippen LogP contribution in [0.2, 0.25) is 0 Å². The molecule has 2 aromatic rings. The van der Waals surface area contributed by atoms with Crippen LogP contribution in [0.4, 0.5) is 16.2 Å². The van der Waals surface area contributed by atoms with Crippen molar-refractivity contribution in [3.8, 4) is 5.75 Å². The van der Waals surface area contributed by atoms with E-state index in [-0.39, 0.29) is 12.0 Å². The molecule has 2 heterocycles. The van der Waals surface area contributed by atoms with E-state index in [1.165, 1.54) is 25.5 Å². The summed E-state index contributed by atoms with van der Waals surface area (Å²) in [5.41, 5.74) is 1.03. The first-order chi connectivity index (χ1) is 14.9. The fraction of sp³-hybridized carbons (Fsp3) is 0.542. The van der Waals surface area contributed by atoms with Gasteiger partial charge >= 0.3 is 0 Å². The molecular formula is C24H31FN4O2. The van der Waals surface area contributed by atoms with Crippen LogP contribution in [0, 0.1) is 11.7 Å². The third-order valence-corrected chi connectivity index (χ3v) is 6.44. The second-order valence-corrected chi connectivity index (χ2v) is 8.97. The van der Waals surface area contributed by atoms with E-state index >= 15 is 0 Å². The van der Waals surface area contributed by atoms with Crippen LogP contribution >= 0.6 is 0 Å². The van der Waals surface area contributed by atoms with Gasteiger partial charge in [0.15, 0.2) is 11.6 Å². The Kier molecular flexibility index (Phi) is 6.39. The maximum absolute atomic E-state index is 14.3. The molecule has 1 aromatic carbocycles. The van der Waals surface area contributed by atoms with Gasteiger partial charge in [-0.05, 0) is 23.6 Å². The highest BCUT2D eigenvalue weighted by Gasteiger charge is 2.28. The highest BCUT2D eigenvalue weighted by Crippen LogP contribution is 2.32. The molecule has 0 spiro atoms. The van der Waals surface area contributed by atoms with E-state index in [2.05, 4.69) is 9.97 Å². The first kappa shape index (κ1) is 21.5. The number of anilines is 2. The average molecular weight is 427 g/mol. The molecule has 2 aliphatic rings. The topological polar surface area (TPSA) is 58.6 Å². The van der Waals surface area contributed by atoms with Crippen LogP contribution in [0.15, 0.2) is 30.5 Å². The van der Waals surface area contributed by atoms with Crippen LogP contribution in [-0.4, -0.2) is 49.0 Å². The number of ether oxygens (including phenoxy) is 1. The van der Waals surface area contributed by atoms with Gasteiger partial charge in [0, 0.05) is 39.4 Å². The Labute approximate surface area is 183 Å². The molecule has 0 bridgehead atoms. The Morgan fingerprint density at radius 2 is 2.00 bits per heavy atom. The van der Waals surface area contributed by atoms with Crippen LogP contribution in [0.1, 0.15) is 50.5 Å². The molecule has 2 fully saturated rings. The fourth-order valence-electron chi connectivity index (χ4n) is 4.17. The molecule has 4 rings (SSSR count). The molecule has 166 valence electrons. The molecule has 1 aliphatic carbocycles. The molecule has 1 saturated carbocycles. The molecular weight excluding hydrogens is 395 g/mol. The molecule has 7 heteroatoms. The van der Waals surface area contributed by atoms with E-state index in [9.17, 15) is 9.18 Å². The van der Waals surface area contributed by atoms with Crippen molar-refractivity contribution < 1.29 is 13.9 Å². The molecule has 2 unspecified atom stereocenters. The number of hydrogen-bond acceptors (Lipinski definition) is 6. The zero-order valence-corrected chi connectivity index (χ0v) is 18.6. The summed E-state index contributed by atoms with van der Waals surface area (Å²) < 4.78 is 20.4. The Morgan fingerprint density at radius 3 is 2.65 bits per heavy atom. The van der Waals surface area contributed by atoms with E-state index in [0.29, 0.717) is 43.0 Å². The lowest BCUT2D eigenvalue weighted by molar-refractivity contribution is -0.121. The zero-order chi connectivity index (χ0) is 22.0. The van der Waals surface area contributed by atoms with E-state index in [0.717, 1.165) is 17.7 Å². The Morgan fingerprint density at radius 1 is 1.26 bits per heavy atom. The third kappa shape index (κ3) is 4.97. The lowest BCUT2D eigenvalue weighted by atomic mass is 9.79. The van der Waals surface area contributed by atoms with Crippen LogP contribution in [0.5, 0.6) is 5.75 Å². The fourth-order valence-corrected chi connectivity index (χ4v) is 4.17. The highest BCUT2D eigenvalue weighted by molar-refractivity contribution is 5.85. The van der Waals surface area contributed by atoms with Crippen molar-refractivity contribution in [2.24, 2.45) is 5.92 Å². The van der Waals surface area contributed by atoms with Gasteiger partial charge in [0.05, 0.1) is 12.7 Å². The predicted octanol–water partition coefficient (Wildman–Crippen LogP) is 4.20. The molecule has 6 nitrogen and oxygen atoms in total. The standard InChI is InChI=1S/C24H31FN4O2/c1-16(22(30)13-17-5-4-6-17)18-7-9-19(10-8-18)31-20-11-12-29(15-20)23-21(25)14-26-24(27-23)28(2)3/h7-10,14,16-17,20H,4-6,11-13,15H2,1-3H3. The normalized spacial score (nSPS) is 19.7. The van der Waals surface area contributed by atoms with Gasteiger partial charge in [-0.1, -0.05) is 38.3 Å². The van der Waals surface area contributed by atoms with Crippen molar-refractivity contribution in [3.05, 3.63) is 41.8 Å². The maximum Gasteiger partial charge on any atom is 0.226 e. The highest BCUT2D eigenvalue weighted by atomic mass is 19.1. The monoisotopic (exact) mass is 426 g/mol. The Bertz CT molecular complexity index is 914. The Hall–Kier alpha value is -2.70. The number of halogens is 1. The number of nitrogens with zero attached hydrogens (tertiary/aromatic N) is 4. The van der Waals surface area contributed by atoms with Crippen molar-refractivity contribution in [2.45, 2.75) is 51.0 Å². The van der Waals surface area contributed by atoms with Crippen molar-refractivity contribution >= 4 is 17.5 Å². The van der Waals surface area contributed by atoms with Gasteiger partial charge in [-0.3, -0.25) is 4.79 Å². The number of rotatable bonds is 8. The summed E-state index contributed by atoms with van der Waals surface area (Å²) >= 11 is 0. The van der Waals surface area contributed by atoms with Gasteiger partial charge in [-0.2, -0.15) is 4.98 Å². The summed E-state index contributed by atoms with van der Waals surface area (Å²) in [6.45, 7) is 3.24. The lowest BCUT2D eigenvalue weighted by Gasteiger charge is -2.25. The SMILES string of the molecule is CC(C(=O)CC1CCC1)c1ccc(OC2CCN(c3nc(N(C)C)ncc3F)C2)cc1. The zero-order valence-electron chi connectivity index (χ0n) is 18.6. The summed E-state index contributed by atoms with van der Waals surface area (Å²) in [4.78, 5) is 24.5. The summed E-state index contributed by atoms with van der Waals surface area (Å²) in [6, 6.07) is 7.83. The summed E-state index contributed by atoms with van der Waals surface area (Å²) in [7, 11) is 3.66. The first-order valence-corrected chi connectivity index (χ1v) is 11.1. The smallest absolute Gasteiger partial charge is 0.226 e. The van der Waals surface area contributed by atoms with E-state index < -0.39 is 5.82 Å². The second-order valence-electron chi connectivity index (χ2n) is 8.97. The summed E-state index contributed by atoms with van der Waals surface area (Å²) in [5.74, 6) is 1.99. The number of aromatic nitrogens is 2.